The molecule has 0 atom stereocenters. The first-order valence-electron chi connectivity index (χ1n) is 7.91. The molecule has 0 aliphatic rings. The van der Waals surface area contributed by atoms with E-state index in [9.17, 15) is 14.9 Å². The van der Waals surface area contributed by atoms with Gasteiger partial charge in [-0.3, -0.25) is 10.1 Å². The van der Waals surface area contributed by atoms with Crippen molar-refractivity contribution < 1.29 is 14.5 Å². The van der Waals surface area contributed by atoms with Crippen molar-refractivity contribution in [1.29, 1.82) is 0 Å². The van der Waals surface area contributed by atoms with Crippen LogP contribution in [0.2, 0.25) is 0 Å². The van der Waals surface area contributed by atoms with E-state index >= 15 is 0 Å². The third-order valence-electron chi connectivity index (χ3n) is 4.01. The van der Waals surface area contributed by atoms with Gasteiger partial charge in [0.1, 0.15) is 0 Å². The lowest BCUT2D eigenvalue weighted by Gasteiger charge is -2.13. The predicted molar refractivity (Wildman–Crippen MR) is 97.8 cm³/mol. The van der Waals surface area contributed by atoms with Crippen LogP contribution in [0.5, 0.6) is 0 Å². The molecule has 3 rings (SSSR count). The molecule has 0 saturated heterocycles. The average molecular weight is 348 g/mol. The predicted octanol–water partition coefficient (Wildman–Crippen LogP) is 4.42. The van der Waals surface area contributed by atoms with Crippen molar-refractivity contribution in [2.24, 2.45) is 0 Å². The van der Waals surface area contributed by atoms with Crippen LogP contribution in [-0.2, 0) is 4.74 Å². The number of rotatable bonds is 4. The van der Waals surface area contributed by atoms with E-state index in [0.29, 0.717) is 28.1 Å². The number of hydrogen-bond donors (Lipinski definition) is 0. The van der Waals surface area contributed by atoms with Crippen LogP contribution in [-0.4, -0.2) is 23.0 Å². The van der Waals surface area contributed by atoms with E-state index < -0.39 is 10.9 Å². The van der Waals surface area contributed by atoms with Gasteiger partial charge in [0, 0.05) is 23.3 Å². The fourth-order valence-corrected chi connectivity index (χ4v) is 2.76. The van der Waals surface area contributed by atoms with Gasteiger partial charge in [0.25, 0.3) is 5.69 Å². The van der Waals surface area contributed by atoms with Crippen LogP contribution >= 0.6 is 0 Å². The molecule has 6 nitrogen and oxygen atoms in total. The highest BCUT2D eigenvalue weighted by Crippen LogP contribution is 2.31. The molecular formula is C20H16N2O4. The highest BCUT2D eigenvalue weighted by Gasteiger charge is 2.21. The molecule has 26 heavy (non-hydrogen) atoms. The summed E-state index contributed by atoms with van der Waals surface area (Å²) in [5, 5.41) is 11.1. The molecule has 0 radical (unpaired) electrons. The SMILES string of the molecule is COC(=O)c1c(C)cc(-c2ccccc2)nc1-c1cccc([N+](=O)[O-])c1. The second-order valence-electron chi connectivity index (χ2n) is 5.71. The zero-order valence-electron chi connectivity index (χ0n) is 14.3. The summed E-state index contributed by atoms with van der Waals surface area (Å²) in [5.41, 5.74) is 3.33. The molecule has 130 valence electrons. The smallest absolute Gasteiger partial charge is 0.340 e. The number of methoxy groups -OCH3 is 1. The third-order valence-corrected chi connectivity index (χ3v) is 4.01. The fourth-order valence-electron chi connectivity index (χ4n) is 2.76. The van der Waals surface area contributed by atoms with Crippen LogP contribution in [0.1, 0.15) is 15.9 Å². The molecule has 6 heteroatoms. The molecule has 0 saturated carbocycles. The van der Waals surface area contributed by atoms with E-state index in [2.05, 4.69) is 4.98 Å². The highest BCUT2D eigenvalue weighted by molar-refractivity contribution is 5.98. The number of nitro groups is 1. The topological polar surface area (TPSA) is 82.3 Å². The van der Waals surface area contributed by atoms with E-state index in [1.807, 2.05) is 36.4 Å². The van der Waals surface area contributed by atoms with Gasteiger partial charge in [0.15, 0.2) is 0 Å². The molecule has 1 aromatic heterocycles. The number of pyridine rings is 1. The molecule has 0 aliphatic carbocycles. The quantitative estimate of drug-likeness (QED) is 0.396. The lowest BCUT2D eigenvalue weighted by atomic mass is 9.98. The summed E-state index contributed by atoms with van der Waals surface area (Å²) in [6.45, 7) is 1.79. The Balaban J connectivity index is 2.27. The highest BCUT2D eigenvalue weighted by atomic mass is 16.6. The van der Waals surface area contributed by atoms with Crippen LogP contribution in [0.4, 0.5) is 5.69 Å². The van der Waals surface area contributed by atoms with Crippen molar-refractivity contribution in [2.75, 3.05) is 7.11 Å². The summed E-state index contributed by atoms with van der Waals surface area (Å²) < 4.78 is 4.89. The molecule has 1 heterocycles. The molecule has 0 aliphatic heterocycles. The average Bonchev–Trinajstić information content (AvgIpc) is 2.67. The van der Waals surface area contributed by atoms with Gasteiger partial charge < -0.3 is 4.74 Å². The van der Waals surface area contributed by atoms with Crippen molar-refractivity contribution in [3.05, 3.63) is 81.9 Å². The van der Waals surface area contributed by atoms with E-state index in [1.165, 1.54) is 19.2 Å². The second-order valence-corrected chi connectivity index (χ2v) is 5.71. The minimum absolute atomic E-state index is 0.0668. The minimum Gasteiger partial charge on any atom is -0.465 e. The molecule has 0 bridgehead atoms. The maximum Gasteiger partial charge on any atom is 0.340 e. The standard InChI is InChI=1S/C20H16N2O4/c1-13-11-17(14-7-4-3-5-8-14)21-19(18(13)20(23)26-2)15-9-6-10-16(12-15)22(24)25/h3-12H,1-2H3. The van der Waals surface area contributed by atoms with Gasteiger partial charge in [-0.2, -0.15) is 0 Å². The third kappa shape index (κ3) is 3.30. The van der Waals surface area contributed by atoms with Crippen molar-refractivity contribution in [2.45, 2.75) is 6.92 Å². The van der Waals surface area contributed by atoms with Gasteiger partial charge in [-0.05, 0) is 18.6 Å². The summed E-state index contributed by atoms with van der Waals surface area (Å²) in [4.78, 5) is 27.6. The Kier molecular flexibility index (Phi) is 4.75. The van der Waals surface area contributed by atoms with Crippen LogP contribution in [0.25, 0.3) is 22.5 Å². The Morgan fingerprint density at radius 2 is 1.73 bits per heavy atom. The molecule has 0 N–H and O–H groups in total. The number of aryl methyl sites for hydroxylation is 1. The van der Waals surface area contributed by atoms with Crippen LogP contribution in [0, 0.1) is 17.0 Å². The van der Waals surface area contributed by atoms with Gasteiger partial charge in [-0.1, -0.05) is 42.5 Å². The summed E-state index contributed by atoms with van der Waals surface area (Å²) in [6, 6.07) is 17.4. The molecule has 0 unspecified atom stereocenters. The monoisotopic (exact) mass is 348 g/mol. The van der Waals surface area contributed by atoms with Gasteiger partial charge in [0.2, 0.25) is 0 Å². The summed E-state index contributed by atoms with van der Waals surface area (Å²) in [7, 11) is 1.30. The molecule has 0 amide bonds. The lowest BCUT2D eigenvalue weighted by Crippen LogP contribution is -2.09. The number of non-ortho nitro benzene ring substituents is 1. The van der Waals surface area contributed by atoms with E-state index in [0.717, 1.165) is 5.56 Å². The Morgan fingerprint density at radius 1 is 1.04 bits per heavy atom. The van der Waals surface area contributed by atoms with Gasteiger partial charge in [-0.15, -0.1) is 0 Å². The van der Waals surface area contributed by atoms with Crippen molar-refractivity contribution >= 4 is 11.7 Å². The number of esters is 1. The Bertz CT molecular complexity index is 984. The second kappa shape index (κ2) is 7.14. The Labute approximate surface area is 150 Å². The van der Waals surface area contributed by atoms with E-state index in [1.54, 1.807) is 19.1 Å². The minimum atomic E-state index is -0.531. The number of nitrogens with zero attached hydrogens (tertiary/aromatic N) is 2. The van der Waals surface area contributed by atoms with E-state index in [4.69, 9.17) is 4.74 Å². The van der Waals surface area contributed by atoms with Gasteiger partial charge in [0.05, 0.1) is 29.0 Å². The van der Waals surface area contributed by atoms with Crippen molar-refractivity contribution in [3.63, 3.8) is 0 Å². The summed E-state index contributed by atoms with van der Waals surface area (Å²) in [5.74, 6) is -0.531. The first-order chi connectivity index (χ1) is 12.5. The number of aromatic nitrogens is 1. The zero-order valence-corrected chi connectivity index (χ0v) is 14.3. The number of nitro benzene ring substituents is 1. The number of ether oxygens (including phenoxy) is 1. The van der Waals surface area contributed by atoms with Crippen molar-refractivity contribution in [1.82, 2.24) is 4.98 Å². The van der Waals surface area contributed by atoms with Crippen LogP contribution in [0.3, 0.4) is 0 Å². The molecule has 3 aromatic rings. The number of carbonyl (C=O) groups excluding carboxylic acids is 1. The van der Waals surface area contributed by atoms with Crippen LogP contribution < -0.4 is 0 Å². The first kappa shape index (κ1) is 17.3. The summed E-state index contributed by atoms with van der Waals surface area (Å²) in [6.07, 6.45) is 0. The molecular weight excluding hydrogens is 332 g/mol. The normalized spacial score (nSPS) is 10.4. The number of hydrogen-bond acceptors (Lipinski definition) is 5. The largest absolute Gasteiger partial charge is 0.465 e. The maximum atomic E-state index is 12.3. The molecule has 0 fully saturated rings. The first-order valence-corrected chi connectivity index (χ1v) is 7.91. The Morgan fingerprint density at radius 3 is 2.38 bits per heavy atom. The Hall–Kier alpha value is -3.54. The summed E-state index contributed by atoms with van der Waals surface area (Å²) >= 11 is 0. The lowest BCUT2D eigenvalue weighted by molar-refractivity contribution is -0.384. The van der Waals surface area contributed by atoms with Crippen LogP contribution in [0.15, 0.2) is 60.7 Å². The van der Waals surface area contributed by atoms with Gasteiger partial charge >= 0.3 is 5.97 Å². The van der Waals surface area contributed by atoms with Crippen molar-refractivity contribution in [3.8, 4) is 22.5 Å². The number of benzene rings is 2. The van der Waals surface area contributed by atoms with E-state index in [-0.39, 0.29) is 5.69 Å². The maximum absolute atomic E-state index is 12.3. The molecule has 2 aromatic carbocycles. The zero-order chi connectivity index (χ0) is 18.7. The number of carbonyl (C=O) groups is 1. The van der Waals surface area contributed by atoms with Gasteiger partial charge in [-0.25, -0.2) is 9.78 Å². The molecule has 0 spiro atoms. The fraction of sp³-hybridized carbons (Fsp3) is 0.100.